The van der Waals surface area contributed by atoms with Gasteiger partial charge in [0.25, 0.3) is 0 Å². The molecule has 3 aromatic rings. The van der Waals surface area contributed by atoms with E-state index in [-0.39, 0.29) is 30.2 Å². The van der Waals surface area contributed by atoms with Crippen molar-refractivity contribution in [1.29, 1.82) is 0 Å². The van der Waals surface area contributed by atoms with Crippen LogP contribution >= 0.6 is 15.9 Å². The number of carbonyl (C=O) groups is 2. The van der Waals surface area contributed by atoms with Gasteiger partial charge < -0.3 is 15.2 Å². The average molecular weight is 441 g/mol. The summed E-state index contributed by atoms with van der Waals surface area (Å²) < 4.78 is 0.997. The zero-order chi connectivity index (χ0) is 19.8. The van der Waals surface area contributed by atoms with Crippen LogP contribution in [0.25, 0.3) is 11.0 Å². The Bertz CT molecular complexity index is 1030. The van der Waals surface area contributed by atoms with Crippen molar-refractivity contribution in [2.75, 3.05) is 11.4 Å². The molecule has 0 radical (unpaired) electrons. The van der Waals surface area contributed by atoms with Crippen LogP contribution in [0.2, 0.25) is 0 Å². The molecule has 0 saturated carbocycles. The van der Waals surface area contributed by atoms with Gasteiger partial charge in [-0.3, -0.25) is 9.59 Å². The highest BCUT2D eigenvalue weighted by Gasteiger charge is 2.35. The largest absolute Gasteiger partial charge is 0.346 e. The molecule has 0 spiro atoms. The number of para-hydroxylation sites is 2. The van der Waals surface area contributed by atoms with Crippen molar-refractivity contribution in [3.8, 4) is 0 Å². The molecule has 28 heavy (non-hydrogen) atoms. The molecule has 4 rings (SSSR count). The zero-order valence-corrected chi connectivity index (χ0v) is 17.3. The van der Waals surface area contributed by atoms with Gasteiger partial charge in [-0.15, -0.1) is 0 Å². The first-order valence-corrected chi connectivity index (χ1v) is 10.0. The normalized spacial score (nSPS) is 17.9. The lowest BCUT2D eigenvalue weighted by molar-refractivity contribution is -0.126. The van der Waals surface area contributed by atoms with E-state index >= 15 is 0 Å². The number of H-pyrrole nitrogens is 1. The summed E-state index contributed by atoms with van der Waals surface area (Å²) in [5, 5.41) is 2.99. The second-order valence-corrected chi connectivity index (χ2v) is 8.06. The van der Waals surface area contributed by atoms with E-state index in [1.807, 2.05) is 56.3 Å². The van der Waals surface area contributed by atoms with Crippen LogP contribution in [-0.4, -0.2) is 28.3 Å². The summed E-state index contributed by atoms with van der Waals surface area (Å²) in [5.74, 6) is 0.179. The molecular formula is C21H21BrN4O2. The monoisotopic (exact) mass is 440 g/mol. The van der Waals surface area contributed by atoms with Crippen molar-refractivity contribution in [3.63, 3.8) is 0 Å². The van der Waals surface area contributed by atoms with Gasteiger partial charge in [0.2, 0.25) is 11.8 Å². The van der Waals surface area contributed by atoms with E-state index in [0.29, 0.717) is 12.4 Å². The van der Waals surface area contributed by atoms with E-state index in [9.17, 15) is 9.59 Å². The molecule has 1 saturated heterocycles. The summed E-state index contributed by atoms with van der Waals surface area (Å²) in [6.07, 6.45) is 0.216. The lowest BCUT2D eigenvalue weighted by atomic mass is 10.1. The number of aromatic amines is 1. The fraction of sp³-hybridized carbons (Fsp3) is 0.286. The Morgan fingerprint density at radius 3 is 2.86 bits per heavy atom. The van der Waals surface area contributed by atoms with Gasteiger partial charge in [0.05, 0.1) is 23.0 Å². The number of imidazole rings is 1. The number of aryl methyl sites for hydroxylation is 1. The number of fused-ring (bicyclic) bond motifs is 1. The molecule has 0 bridgehead atoms. The zero-order valence-electron chi connectivity index (χ0n) is 15.7. The van der Waals surface area contributed by atoms with Gasteiger partial charge in [0.15, 0.2) is 0 Å². The predicted molar refractivity (Wildman–Crippen MR) is 112 cm³/mol. The van der Waals surface area contributed by atoms with E-state index < -0.39 is 0 Å². The molecule has 1 aromatic heterocycles. The third-order valence-electron chi connectivity index (χ3n) is 5.13. The van der Waals surface area contributed by atoms with Gasteiger partial charge >= 0.3 is 0 Å². The van der Waals surface area contributed by atoms with Gasteiger partial charge in [-0.2, -0.15) is 0 Å². The summed E-state index contributed by atoms with van der Waals surface area (Å²) in [5.41, 5.74) is 3.68. The minimum absolute atomic E-state index is 0.0294. The van der Waals surface area contributed by atoms with Gasteiger partial charge in [0, 0.05) is 23.1 Å². The number of nitrogens with zero attached hydrogens (tertiary/aromatic N) is 2. The van der Waals surface area contributed by atoms with Crippen LogP contribution in [0.5, 0.6) is 0 Å². The van der Waals surface area contributed by atoms with E-state index in [0.717, 1.165) is 26.8 Å². The van der Waals surface area contributed by atoms with Crippen molar-refractivity contribution in [1.82, 2.24) is 15.3 Å². The summed E-state index contributed by atoms with van der Waals surface area (Å²) in [4.78, 5) is 34.7. The Kier molecular flexibility index (Phi) is 4.93. The number of carbonyl (C=O) groups excluding carboxylic acids is 2. The number of hydrogen-bond acceptors (Lipinski definition) is 3. The van der Waals surface area contributed by atoms with Crippen molar-refractivity contribution >= 4 is 44.5 Å². The van der Waals surface area contributed by atoms with E-state index in [1.165, 1.54) is 0 Å². The first-order chi connectivity index (χ1) is 13.4. The molecule has 1 aliphatic heterocycles. The number of aromatic nitrogens is 2. The third kappa shape index (κ3) is 3.54. The number of rotatable bonds is 4. The highest BCUT2D eigenvalue weighted by Crippen LogP contribution is 2.29. The molecule has 1 aliphatic rings. The molecule has 2 heterocycles. The standard InChI is InChI=1S/C21H21BrN4O2/c1-12-9-15(7-8-16(12)22)26-11-14(10-19(26)27)21(28)23-13(2)20-24-17-5-3-4-6-18(17)25-20/h3-9,13-14H,10-11H2,1-2H3,(H,23,28)(H,24,25). The molecule has 2 unspecified atom stereocenters. The van der Waals surface area contributed by atoms with Gasteiger partial charge in [-0.05, 0) is 49.7 Å². The first kappa shape index (κ1) is 18.7. The molecule has 7 heteroatoms. The Hall–Kier alpha value is -2.67. The van der Waals surface area contributed by atoms with Crippen LogP contribution < -0.4 is 10.2 Å². The molecule has 2 atom stereocenters. The first-order valence-electron chi connectivity index (χ1n) is 9.24. The fourth-order valence-corrected chi connectivity index (χ4v) is 3.75. The van der Waals surface area contributed by atoms with E-state index in [2.05, 4.69) is 31.2 Å². The van der Waals surface area contributed by atoms with Crippen molar-refractivity contribution in [2.45, 2.75) is 26.3 Å². The Morgan fingerprint density at radius 2 is 2.11 bits per heavy atom. The Morgan fingerprint density at radius 1 is 1.32 bits per heavy atom. The number of halogens is 1. The number of anilines is 1. The number of nitrogens with one attached hydrogen (secondary N) is 2. The van der Waals surface area contributed by atoms with Crippen molar-refractivity contribution < 1.29 is 9.59 Å². The van der Waals surface area contributed by atoms with Crippen LogP contribution in [0.1, 0.15) is 30.8 Å². The maximum absolute atomic E-state index is 12.7. The van der Waals surface area contributed by atoms with Crippen LogP contribution in [0.3, 0.4) is 0 Å². The predicted octanol–water partition coefficient (Wildman–Crippen LogP) is 3.86. The highest BCUT2D eigenvalue weighted by molar-refractivity contribution is 9.10. The quantitative estimate of drug-likeness (QED) is 0.646. The molecule has 2 N–H and O–H groups in total. The van der Waals surface area contributed by atoms with Crippen molar-refractivity contribution in [2.24, 2.45) is 5.92 Å². The number of amides is 2. The molecule has 1 fully saturated rings. The average Bonchev–Trinajstić information content (AvgIpc) is 3.27. The van der Waals surface area contributed by atoms with Crippen molar-refractivity contribution in [3.05, 3.63) is 58.3 Å². The summed E-state index contributed by atoms with van der Waals surface area (Å²) in [6.45, 7) is 4.26. The van der Waals surface area contributed by atoms with Crippen LogP contribution in [0.15, 0.2) is 46.9 Å². The van der Waals surface area contributed by atoms with E-state index in [1.54, 1.807) is 4.90 Å². The summed E-state index contributed by atoms with van der Waals surface area (Å²) in [7, 11) is 0. The fourth-order valence-electron chi connectivity index (χ4n) is 3.51. The lowest BCUT2D eigenvalue weighted by Gasteiger charge is -2.18. The smallest absolute Gasteiger partial charge is 0.227 e. The number of benzene rings is 2. The summed E-state index contributed by atoms with van der Waals surface area (Å²) >= 11 is 3.47. The summed E-state index contributed by atoms with van der Waals surface area (Å²) in [6, 6.07) is 13.3. The molecular weight excluding hydrogens is 420 g/mol. The lowest BCUT2D eigenvalue weighted by Crippen LogP contribution is -2.35. The SMILES string of the molecule is Cc1cc(N2CC(C(=O)NC(C)c3nc4ccccc4[nH]3)CC2=O)ccc1Br. The molecule has 0 aliphatic carbocycles. The molecule has 2 amide bonds. The van der Waals surface area contributed by atoms with Crippen LogP contribution in [0, 0.1) is 12.8 Å². The van der Waals surface area contributed by atoms with Gasteiger partial charge in [0.1, 0.15) is 5.82 Å². The van der Waals surface area contributed by atoms with E-state index in [4.69, 9.17) is 0 Å². The van der Waals surface area contributed by atoms with Gasteiger partial charge in [-0.1, -0.05) is 28.1 Å². The van der Waals surface area contributed by atoms with Crippen LogP contribution in [-0.2, 0) is 9.59 Å². The second kappa shape index (κ2) is 7.39. The topological polar surface area (TPSA) is 78.1 Å². The Labute approximate surface area is 171 Å². The molecule has 2 aromatic carbocycles. The minimum Gasteiger partial charge on any atom is -0.346 e. The van der Waals surface area contributed by atoms with Gasteiger partial charge in [-0.25, -0.2) is 4.98 Å². The third-order valence-corrected chi connectivity index (χ3v) is 6.02. The Balaban J connectivity index is 1.44. The molecule has 144 valence electrons. The highest BCUT2D eigenvalue weighted by atomic mass is 79.9. The second-order valence-electron chi connectivity index (χ2n) is 7.21. The minimum atomic E-state index is -0.372. The molecule has 6 nitrogen and oxygen atoms in total. The maximum Gasteiger partial charge on any atom is 0.227 e. The number of hydrogen-bond donors (Lipinski definition) is 2. The maximum atomic E-state index is 12.7. The van der Waals surface area contributed by atoms with Crippen LogP contribution in [0.4, 0.5) is 5.69 Å².